The van der Waals surface area contributed by atoms with Gasteiger partial charge in [0.15, 0.2) is 0 Å². The van der Waals surface area contributed by atoms with Crippen LogP contribution in [0.4, 0.5) is 0 Å². The molecule has 0 saturated heterocycles. The predicted molar refractivity (Wildman–Crippen MR) is 54.7 cm³/mol. The first-order valence-electron chi connectivity index (χ1n) is 4.21. The SMILES string of the molecule is Oc1ccc(-c2ccccc2)cc1.[H-].[Li+]. The number of benzene rings is 2. The van der Waals surface area contributed by atoms with Gasteiger partial charge in [0, 0.05) is 0 Å². The van der Waals surface area contributed by atoms with E-state index >= 15 is 0 Å². The van der Waals surface area contributed by atoms with Crippen molar-refractivity contribution in [2.45, 2.75) is 0 Å². The van der Waals surface area contributed by atoms with Gasteiger partial charge in [0.25, 0.3) is 0 Å². The van der Waals surface area contributed by atoms with Gasteiger partial charge in [-0.25, -0.2) is 0 Å². The van der Waals surface area contributed by atoms with Crippen molar-refractivity contribution < 1.29 is 25.4 Å². The Morgan fingerprint density at radius 3 is 1.79 bits per heavy atom. The second-order valence-corrected chi connectivity index (χ2v) is 2.91. The molecule has 0 aliphatic rings. The first kappa shape index (κ1) is 10.9. The van der Waals surface area contributed by atoms with Crippen LogP contribution in [0.1, 0.15) is 1.43 Å². The Labute approximate surface area is 97.1 Å². The van der Waals surface area contributed by atoms with Gasteiger partial charge in [-0.15, -0.1) is 0 Å². The molecule has 2 heteroatoms. The second-order valence-electron chi connectivity index (χ2n) is 2.91. The van der Waals surface area contributed by atoms with Crippen LogP contribution in [0.5, 0.6) is 5.75 Å². The maximum absolute atomic E-state index is 9.10. The van der Waals surface area contributed by atoms with E-state index in [1.54, 1.807) is 12.1 Å². The number of hydrogen-bond acceptors (Lipinski definition) is 1. The van der Waals surface area contributed by atoms with Crippen LogP contribution in [0.25, 0.3) is 11.1 Å². The molecule has 0 aromatic heterocycles. The van der Waals surface area contributed by atoms with Gasteiger partial charge in [0.05, 0.1) is 0 Å². The van der Waals surface area contributed by atoms with Crippen molar-refractivity contribution in [2.24, 2.45) is 0 Å². The molecule has 66 valence electrons. The van der Waals surface area contributed by atoms with E-state index in [1.165, 1.54) is 5.56 Å². The molecule has 0 spiro atoms. The van der Waals surface area contributed by atoms with Crippen molar-refractivity contribution in [1.82, 2.24) is 0 Å². The minimum atomic E-state index is 0. The molecule has 2 rings (SSSR count). The van der Waals surface area contributed by atoms with E-state index in [4.69, 9.17) is 5.11 Å². The summed E-state index contributed by atoms with van der Waals surface area (Å²) in [5, 5.41) is 9.10. The molecule has 0 saturated carbocycles. The van der Waals surface area contributed by atoms with Gasteiger partial charge in [-0.3, -0.25) is 0 Å². The zero-order valence-corrected chi connectivity index (χ0v) is 8.14. The third-order valence-corrected chi connectivity index (χ3v) is 1.97. The van der Waals surface area contributed by atoms with E-state index in [1.807, 2.05) is 42.5 Å². The van der Waals surface area contributed by atoms with Crippen molar-refractivity contribution in [3.63, 3.8) is 0 Å². The first-order valence-corrected chi connectivity index (χ1v) is 4.21. The summed E-state index contributed by atoms with van der Waals surface area (Å²) in [6.07, 6.45) is 0. The number of aromatic hydroxyl groups is 1. The third kappa shape index (κ3) is 2.42. The molecule has 0 aliphatic carbocycles. The van der Waals surface area contributed by atoms with Gasteiger partial charge in [-0.05, 0) is 23.3 Å². The molecule has 0 atom stereocenters. The van der Waals surface area contributed by atoms with Crippen LogP contribution in [-0.2, 0) is 0 Å². The number of hydrogen-bond donors (Lipinski definition) is 1. The summed E-state index contributed by atoms with van der Waals surface area (Å²) in [4.78, 5) is 0. The van der Waals surface area contributed by atoms with Gasteiger partial charge in [-0.2, -0.15) is 0 Å². The fraction of sp³-hybridized carbons (Fsp3) is 0. The molecule has 14 heavy (non-hydrogen) atoms. The molecular formula is C12H11LiO. The van der Waals surface area contributed by atoms with Gasteiger partial charge >= 0.3 is 18.9 Å². The average molecular weight is 178 g/mol. The van der Waals surface area contributed by atoms with E-state index in [-0.39, 0.29) is 20.3 Å². The standard InChI is InChI=1S/C12H10O.Li.H/c13-12-8-6-11(7-9-12)10-4-2-1-3-5-10;;/h1-9,13H;;/q;+1;-1. The molecular weight excluding hydrogens is 167 g/mol. The fourth-order valence-electron chi connectivity index (χ4n) is 1.28. The summed E-state index contributed by atoms with van der Waals surface area (Å²) >= 11 is 0. The summed E-state index contributed by atoms with van der Waals surface area (Å²) in [6, 6.07) is 17.3. The minimum absolute atomic E-state index is 0. The zero-order valence-electron chi connectivity index (χ0n) is 9.14. The molecule has 0 radical (unpaired) electrons. The summed E-state index contributed by atoms with van der Waals surface area (Å²) in [7, 11) is 0. The Balaban J connectivity index is 0.000000980. The molecule has 0 unspecified atom stereocenters. The maximum atomic E-state index is 9.10. The summed E-state index contributed by atoms with van der Waals surface area (Å²) < 4.78 is 0. The Bertz CT molecular complexity index is 386. The summed E-state index contributed by atoms with van der Waals surface area (Å²) in [5.74, 6) is 0.305. The third-order valence-electron chi connectivity index (χ3n) is 1.97. The van der Waals surface area contributed by atoms with Crippen LogP contribution >= 0.6 is 0 Å². The van der Waals surface area contributed by atoms with Crippen molar-refractivity contribution in [3.8, 4) is 16.9 Å². The molecule has 0 heterocycles. The van der Waals surface area contributed by atoms with E-state index < -0.39 is 0 Å². The average Bonchev–Trinajstić information content (AvgIpc) is 2.20. The molecule has 1 N–H and O–H groups in total. The Hall–Kier alpha value is -1.16. The molecule has 0 fully saturated rings. The fourth-order valence-corrected chi connectivity index (χ4v) is 1.28. The zero-order chi connectivity index (χ0) is 9.10. The van der Waals surface area contributed by atoms with Crippen LogP contribution in [-0.4, -0.2) is 5.11 Å². The predicted octanol–water partition coefficient (Wildman–Crippen LogP) is 0.176. The van der Waals surface area contributed by atoms with E-state index in [0.29, 0.717) is 5.75 Å². The van der Waals surface area contributed by atoms with Crippen LogP contribution in [0.15, 0.2) is 54.6 Å². The van der Waals surface area contributed by atoms with E-state index in [2.05, 4.69) is 0 Å². The summed E-state index contributed by atoms with van der Waals surface area (Å²) in [5.41, 5.74) is 2.29. The first-order chi connectivity index (χ1) is 6.36. The van der Waals surface area contributed by atoms with Crippen LogP contribution < -0.4 is 18.9 Å². The van der Waals surface area contributed by atoms with Crippen molar-refractivity contribution in [3.05, 3.63) is 54.6 Å². The topological polar surface area (TPSA) is 20.2 Å². The number of phenols is 1. The van der Waals surface area contributed by atoms with Crippen LogP contribution in [0.3, 0.4) is 0 Å². The maximum Gasteiger partial charge on any atom is 1.00 e. The van der Waals surface area contributed by atoms with E-state index in [9.17, 15) is 0 Å². The van der Waals surface area contributed by atoms with Gasteiger partial charge < -0.3 is 6.53 Å². The number of phenolic OH excluding ortho intramolecular Hbond substituents is 1. The number of rotatable bonds is 1. The smallest absolute Gasteiger partial charge is 1.00 e. The monoisotopic (exact) mass is 178 g/mol. The van der Waals surface area contributed by atoms with Crippen molar-refractivity contribution in [1.29, 1.82) is 0 Å². The van der Waals surface area contributed by atoms with Crippen molar-refractivity contribution in [2.75, 3.05) is 0 Å². The molecule has 0 aliphatic heterocycles. The summed E-state index contributed by atoms with van der Waals surface area (Å²) in [6.45, 7) is 0. The van der Waals surface area contributed by atoms with Gasteiger partial charge in [0.1, 0.15) is 5.75 Å². The largest absolute Gasteiger partial charge is 1.00 e. The van der Waals surface area contributed by atoms with Crippen LogP contribution in [0.2, 0.25) is 0 Å². The van der Waals surface area contributed by atoms with E-state index in [0.717, 1.165) is 5.56 Å². The molecule has 0 bridgehead atoms. The Kier molecular flexibility index (Phi) is 3.82. The van der Waals surface area contributed by atoms with Crippen molar-refractivity contribution >= 4 is 0 Å². The Morgan fingerprint density at radius 2 is 1.21 bits per heavy atom. The second kappa shape index (κ2) is 4.90. The minimum Gasteiger partial charge on any atom is -1.00 e. The normalized spacial score (nSPS) is 9.14. The van der Waals surface area contributed by atoms with Gasteiger partial charge in [0.2, 0.25) is 0 Å². The quantitative estimate of drug-likeness (QED) is 0.617. The van der Waals surface area contributed by atoms with Crippen LogP contribution in [0, 0.1) is 0 Å². The molecule has 2 aromatic carbocycles. The molecule has 0 amide bonds. The Morgan fingerprint density at radius 1 is 0.714 bits per heavy atom. The van der Waals surface area contributed by atoms with Gasteiger partial charge in [-0.1, -0.05) is 42.5 Å². The molecule has 2 aromatic rings. The molecule has 1 nitrogen and oxygen atoms in total.